The first-order valence-electron chi connectivity index (χ1n) is 6.77. The van der Waals surface area contributed by atoms with Gasteiger partial charge in [-0.1, -0.05) is 6.58 Å². The van der Waals surface area contributed by atoms with Crippen LogP contribution in [-0.4, -0.2) is 20.3 Å². The van der Waals surface area contributed by atoms with E-state index in [9.17, 15) is 17.6 Å². The van der Waals surface area contributed by atoms with Gasteiger partial charge in [0.1, 0.15) is 5.82 Å². The molecule has 0 amide bonds. The molecule has 21 heavy (non-hydrogen) atoms. The first-order valence-corrected chi connectivity index (χ1v) is 8.18. The lowest BCUT2D eigenvalue weighted by Crippen LogP contribution is -2.27. The van der Waals surface area contributed by atoms with Crippen molar-refractivity contribution in [2.45, 2.75) is 36.7 Å². The highest BCUT2D eigenvalue weighted by Gasteiger charge is 2.29. The molecule has 1 aliphatic carbocycles. The molecule has 1 saturated carbocycles. The summed E-state index contributed by atoms with van der Waals surface area (Å²) in [5.74, 6) is -0.594. The molecule has 0 bridgehead atoms. The lowest BCUT2D eigenvalue weighted by Gasteiger charge is -2.26. The second-order valence-electron chi connectivity index (χ2n) is 5.08. The fourth-order valence-electron chi connectivity index (χ4n) is 2.45. The van der Waals surface area contributed by atoms with Crippen LogP contribution in [0.4, 0.5) is 4.39 Å². The van der Waals surface area contributed by atoms with Crippen LogP contribution in [-0.2, 0) is 19.1 Å². The summed E-state index contributed by atoms with van der Waals surface area (Å²) in [5.41, 5.74) is 0. The summed E-state index contributed by atoms with van der Waals surface area (Å²) in [6.07, 6.45) is 3.06. The fourth-order valence-corrected chi connectivity index (χ4v) is 3.58. The molecule has 0 aromatic heterocycles. The van der Waals surface area contributed by atoms with Crippen LogP contribution in [0.15, 0.2) is 41.8 Å². The minimum absolute atomic E-state index is 0.00478. The van der Waals surface area contributed by atoms with Crippen LogP contribution in [0.5, 0.6) is 0 Å². The van der Waals surface area contributed by atoms with Gasteiger partial charge in [0, 0.05) is 5.92 Å². The Morgan fingerprint density at radius 2 is 1.76 bits per heavy atom. The Kier molecular flexibility index (Phi) is 4.90. The van der Waals surface area contributed by atoms with Crippen LogP contribution in [0.25, 0.3) is 0 Å². The van der Waals surface area contributed by atoms with Gasteiger partial charge >= 0.3 is 0 Å². The van der Waals surface area contributed by atoms with Crippen molar-refractivity contribution in [3.05, 3.63) is 42.7 Å². The number of hydrogen-bond donors (Lipinski definition) is 0. The smallest absolute Gasteiger partial charge is 0.295 e. The molecule has 1 aromatic carbocycles. The predicted octanol–water partition coefficient (Wildman–Crippen LogP) is 2.84. The number of allylic oxidation sites excluding steroid dienone is 1. The Morgan fingerprint density at radius 3 is 2.29 bits per heavy atom. The molecule has 0 atom stereocenters. The molecule has 0 unspecified atom stereocenters. The van der Waals surface area contributed by atoms with Gasteiger partial charge in [-0.2, -0.15) is 8.42 Å². The summed E-state index contributed by atoms with van der Waals surface area (Å²) in [5, 5.41) is 0. The second kappa shape index (κ2) is 6.49. The summed E-state index contributed by atoms with van der Waals surface area (Å²) in [6, 6.07) is 4.51. The van der Waals surface area contributed by atoms with E-state index in [1.165, 1.54) is 18.2 Å². The maximum atomic E-state index is 12.8. The number of rotatable bonds is 5. The van der Waals surface area contributed by atoms with Gasteiger partial charge in [-0.15, -0.1) is 0 Å². The molecule has 1 aliphatic rings. The average molecular weight is 312 g/mol. The topological polar surface area (TPSA) is 60.4 Å². The van der Waals surface area contributed by atoms with E-state index in [0.717, 1.165) is 12.1 Å². The van der Waals surface area contributed by atoms with Crippen molar-refractivity contribution >= 4 is 15.9 Å². The summed E-state index contributed by atoms with van der Waals surface area (Å²) in [7, 11) is -3.89. The van der Waals surface area contributed by atoms with Crippen LogP contribution >= 0.6 is 0 Å². The molecular formula is C15H17FO4S. The average Bonchev–Trinajstić information content (AvgIpc) is 2.47. The molecule has 4 nitrogen and oxygen atoms in total. The highest BCUT2D eigenvalue weighted by atomic mass is 32.2. The van der Waals surface area contributed by atoms with Crippen molar-refractivity contribution in [3.8, 4) is 0 Å². The number of ketones is 1. The summed E-state index contributed by atoms with van der Waals surface area (Å²) >= 11 is 0. The van der Waals surface area contributed by atoms with E-state index >= 15 is 0 Å². The minimum atomic E-state index is -3.89. The van der Waals surface area contributed by atoms with Crippen LogP contribution < -0.4 is 0 Å². The Balaban J connectivity index is 1.98. The zero-order chi connectivity index (χ0) is 15.5. The van der Waals surface area contributed by atoms with E-state index in [1.54, 1.807) is 0 Å². The third-order valence-electron chi connectivity index (χ3n) is 3.64. The van der Waals surface area contributed by atoms with E-state index in [4.69, 9.17) is 4.18 Å². The largest absolute Gasteiger partial charge is 0.297 e. The number of hydrogen-bond acceptors (Lipinski definition) is 4. The molecule has 0 radical (unpaired) electrons. The zero-order valence-electron chi connectivity index (χ0n) is 11.5. The van der Waals surface area contributed by atoms with Crippen molar-refractivity contribution in [1.29, 1.82) is 0 Å². The van der Waals surface area contributed by atoms with Crippen molar-refractivity contribution in [1.82, 2.24) is 0 Å². The Bertz CT molecular complexity index is 614. The van der Waals surface area contributed by atoms with E-state index in [1.807, 2.05) is 0 Å². The number of halogens is 1. The molecule has 0 heterocycles. The molecule has 0 aliphatic heterocycles. The molecule has 1 fully saturated rings. The van der Waals surface area contributed by atoms with Gasteiger partial charge in [0.2, 0.25) is 0 Å². The van der Waals surface area contributed by atoms with Crippen LogP contribution in [0, 0.1) is 11.7 Å². The third kappa shape index (κ3) is 3.98. The first-order chi connectivity index (χ1) is 9.92. The van der Waals surface area contributed by atoms with Crippen molar-refractivity contribution < 1.29 is 21.8 Å². The quantitative estimate of drug-likeness (QED) is 0.619. The van der Waals surface area contributed by atoms with E-state index in [2.05, 4.69) is 6.58 Å². The van der Waals surface area contributed by atoms with Crippen molar-refractivity contribution in [2.24, 2.45) is 5.92 Å². The number of carbonyl (C=O) groups excluding carboxylic acids is 1. The Morgan fingerprint density at radius 1 is 1.19 bits per heavy atom. The van der Waals surface area contributed by atoms with Gasteiger partial charge < -0.3 is 0 Å². The lowest BCUT2D eigenvalue weighted by atomic mass is 9.85. The van der Waals surface area contributed by atoms with Crippen molar-refractivity contribution in [2.75, 3.05) is 0 Å². The van der Waals surface area contributed by atoms with Gasteiger partial charge in [-0.3, -0.25) is 8.98 Å². The van der Waals surface area contributed by atoms with Crippen LogP contribution in [0.1, 0.15) is 25.7 Å². The monoisotopic (exact) mass is 312 g/mol. The molecule has 0 saturated heterocycles. The molecule has 2 rings (SSSR count). The van der Waals surface area contributed by atoms with E-state index in [-0.39, 0.29) is 16.6 Å². The fraction of sp³-hybridized carbons (Fsp3) is 0.400. The summed E-state index contributed by atoms with van der Waals surface area (Å²) in [6.45, 7) is 3.45. The van der Waals surface area contributed by atoms with Crippen LogP contribution in [0.2, 0.25) is 0 Å². The van der Waals surface area contributed by atoms with Gasteiger partial charge in [0.25, 0.3) is 10.1 Å². The number of carbonyl (C=O) groups is 1. The first kappa shape index (κ1) is 15.9. The predicted molar refractivity (Wildman–Crippen MR) is 75.6 cm³/mol. The van der Waals surface area contributed by atoms with Gasteiger partial charge in [0.15, 0.2) is 5.78 Å². The minimum Gasteiger partial charge on any atom is -0.295 e. The maximum absolute atomic E-state index is 12.8. The van der Waals surface area contributed by atoms with E-state index in [0.29, 0.717) is 25.7 Å². The standard InChI is InChI=1S/C15H17FO4S/c1-2-15(17)11-3-7-13(8-4-11)20-21(18,19)14-9-5-12(16)6-10-14/h2,5-6,9-11,13H,1,3-4,7-8H2. The Labute approximate surface area is 123 Å². The van der Waals surface area contributed by atoms with Gasteiger partial charge in [0.05, 0.1) is 11.0 Å². The summed E-state index contributed by atoms with van der Waals surface area (Å²) < 4.78 is 42.1. The SMILES string of the molecule is C=CC(=O)C1CCC(OS(=O)(=O)c2ccc(F)cc2)CC1. The maximum Gasteiger partial charge on any atom is 0.297 e. The van der Waals surface area contributed by atoms with Gasteiger partial charge in [-0.05, 0) is 56.0 Å². The normalized spacial score (nSPS) is 22.7. The molecular weight excluding hydrogens is 295 g/mol. The van der Waals surface area contributed by atoms with Gasteiger partial charge in [-0.25, -0.2) is 4.39 Å². The lowest BCUT2D eigenvalue weighted by molar-refractivity contribution is -0.119. The van der Waals surface area contributed by atoms with Crippen LogP contribution in [0.3, 0.4) is 0 Å². The highest BCUT2D eigenvalue weighted by Crippen LogP contribution is 2.29. The zero-order valence-corrected chi connectivity index (χ0v) is 12.3. The second-order valence-corrected chi connectivity index (χ2v) is 6.66. The molecule has 1 aromatic rings. The van der Waals surface area contributed by atoms with E-state index < -0.39 is 22.0 Å². The number of benzene rings is 1. The Hall–Kier alpha value is -1.53. The highest BCUT2D eigenvalue weighted by molar-refractivity contribution is 7.86. The molecule has 114 valence electrons. The molecule has 0 N–H and O–H groups in total. The molecule has 0 spiro atoms. The third-order valence-corrected chi connectivity index (χ3v) is 5.02. The summed E-state index contributed by atoms with van der Waals surface area (Å²) in [4.78, 5) is 11.4. The molecule has 6 heteroatoms. The van der Waals surface area contributed by atoms with Crippen molar-refractivity contribution in [3.63, 3.8) is 0 Å².